The molecule has 0 bridgehead atoms. The minimum Gasteiger partial charge on any atom is -0.330 e. The van der Waals surface area contributed by atoms with Gasteiger partial charge in [0, 0.05) is 0 Å². The lowest BCUT2D eigenvalue weighted by molar-refractivity contribution is 0.236. The van der Waals surface area contributed by atoms with Crippen LogP contribution < -0.4 is 11.5 Å². The molecule has 0 aromatic heterocycles. The maximum Gasteiger partial charge on any atom is -0.000844 e. The molecular weight excluding hydrogens is 412 g/mol. The molecule has 204 valence electrons. The van der Waals surface area contributed by atoms with Crippen molar-refractivity contribution in [1.82, 2.24) is 0 Å². The van der Waals surface area contributed by atoms with E-state index in [0.717, 1.165) is 13.1 Å². The summed E-state index contributed by atoms with van der Waals surface area (Å²) in [5, 5.41) is 0. The molecule has 0 atom stereocenters. The van der Waals surface area contributed by atoms with Crippen LogP contribution >= 0.6 is 0 Å². The fraction of sp³-hybridized carbons (Fsp3) is 1.00. The number of nitrogens with two attached hydrogens (primary N) is 2. The van der Waals surface area contributed by atoms with Gasteiger partial charge < -0.3 is 11.5 Å². The number of hydrogen-bond acceptors (Lipinski definition) is 2. The smallest absolute Gasteiger partial charge is 0.000844 e. The average Bonchev–Trinajstić information content (AvgIpc) is 2.90. The summed E-state index contributed by atoms with van der Waals surface area (Å²) < 4.78 is 0. The number of hydrogen-bond donors (Lipinski definition) is 2. The Balaban J connectivity index is 0.000000261. The van der Waals surface area contributed by atoms with Gasteiger partial charge in [-0.05, 0) is 31.3 Å². The third kappa shape index (κ3) is 19.1. The summed E-state index contributed by atoms with van der Waals surface area (Å²) in [5.41, 5.74) is 12.0. The first-order valence-corrected chi connectivity index (χ1v) is 16.2. The predicted octanol–water partition coefficient (Wildman–Crippen LogP) is 10.2. The van der Waals surface area contributed by atoms with Crippen molar-refractivity contribution in [2.45, 2.75) is 186 Å². The van der Waals surface area contributed by atoms with E-state index in [1.54, 1.807) is 0 Å². The fourth-order valence-electron chi connectivity index (χ4n) is 6.04. The average molecular weight is 479 g/mol. The molecule has 34 heavy (non-hydrogen) atoms. The first kappa shape index (κ1) is 31.9. The molecule has 3 rings (SSSR count). The third-order valence-corrected chi connectivity index (χ3v) is 8.78. The van der Waals surface area contributed by atoms with Crippen LogP contribution in [0.1, 0.15) is 186 Å². The van der Waals surface area contributed by atoms with E-state index in [9.17, 15) is 0 Å². The Morgan fingerprint density at radius 2 is 0.412 bits per heavy atom. The molecule has 0 aliphatic heterocycles. The van der Waals surface area contributed by atoms with E-state index in [-0.39, 0.29) is 5.41 Å². The van der Waals surface area contributed by atoms with E-state index in [2.05, 4.69) is 0 Å². The molecule has 0 aromatic rings. The van der Waals surface area contributed by atoms with Crippen LogP contribution in [0.25, 0.3) is 0 Å². The Kier molecular flexibility index (Phi) is 23.1. The van der Waals surface area contributed by atoms with E-state index in [4.69, 9.17) is 11.5 Å². The minimum absolute atomic E-state index is 0.275. The lowest BCUT2D eigenvalue weighted by atomic mass is 9.77. The van der Waals surface area contributed by atoms with E-state index in [1.165, 1.54) is 186 Å². The molecule has 0 saturated heterocycles. The standard InChI is InChI=1S/C12H26N2.2C10H20/c13-10-12(11-14)8-6-4-2-1-3-5-7-9-12;2*1-2-4-6-8-10-9-7-5-3-1/h1-11,13-14H2;2*1-10H2. The van der Waals surface area contributed by atoms with Gasteiger partial charge in [0.05, 0.1) is 0 Å². The van der Waals surface area contributed by atoms with Gasteiger partial charge in [-0.3, -0.25) is 0 Å². The van der Waals surface area contributed by atoms with Crippen molar-refractivity contribution in [3.63, 3.8) is 0 Å². The van der Waals surface area contributed by atoms with Gasteiger partial charge in [0.25, 0.3) is 0 Å². The molecule has 2 nitrogen and oxygen atoms in total. The Hall–Kier alpha value is -0.0800. The van der Waals surface area contributed by atoms with Crippen LogP contribution in [0, 0.1) is 5.41 Å². The molecule has 3 aliphatic carbocycles. The van der Waals surface area contributed by atoms with Gasteiger partial charge >= 0.3 is 0 Å². The topological polar surface area (TPSA) is 52.0 Å². The van der Waals surface area contributed by atoms with Gasteiger partial charge in [-0.15, -0.1) is 0 Å². The largest absolute Gasteiger partial charge is 0.330 e. The van der Waals surface area contributed by atoms with E-state index >= 15 is 0 Å². The Bertz CT molecular complexity index is 292. The highest BCUT2D eigenvalue weighted by atomic mass is 14.7. The van der Waals surface area contributed by atoms with Gasteiger partial charge in [-0.1, -0.05) is 173 Å². The molecule has 3 saturated carbocycles. The lowest BCUT2D eigenvalue weighted by Gasteiger charge is -2.32. The molecule has 0 spiro atoms. The van der Waals surface area contributed by atoms with Crippen LogP contribution in [0.3, 0.4) is 0 Å². The zero-order chi connectivity index (χ0) is 24.4. The molecule has 0 radical (unpaired) electrons. The van der Waals surface area contributed by atoms with Crippen molar-refractivity contribution in [1.29, 1.82) is 0 Å². The van der Waals surface area contributed by atoms with Crippen LogP contribution in [0.4, 0.5) is 0 Å². The molecule has 4 N–H and O–H groups in total. The molecule has 3 aliphatic rings. The fourth-order valence-corrected chi connectivity index (χ4v) is 6.04. The zero-order valence-corrected chi connectivity index (χ0v) is 23.6. The molecule has 3 fully saturated rings. The van der Waals surface area contributed by atoms with E-state index in [0.29, 0.717) is 0 Å². The van der Waals surface area contributed by atoms with Crippen LogP contribution in [-0.4, -0.2) is 13.1 Å². The van der Waals surface area contributed by atoms with E-state index < -0.39 is 0 Å². The van der Waals surface area contributed by atoms with Gasteiger partial charge in [-0.25, -0.2) is 0 Å². The summed E-state index contributed by atoms with van der Waals surface area (Å²) in [7, 11) is 0. The maximum absolute atomic E-state index is 5.88. The summed E-state index contributed by atoms with van der Waals surface area (Å²) in [6.45, 7) is 1.56. The first-order valence-electron chi connectivity index (χ1n) is 16.2. The van der Waals surface area contributed by atoms with Crippen molar-refractivity contribution >= 4 is 0 Å². The summed E-state index contributed by atoms with van der Waals surface area (Å²) >= 11 is 0. The SMILES string of the molecule is C1CCCCCCCCC1.C1CCCCCCCCC1.NCC1(CN)CCCCCCCCC1. The van der Waals surface area contributed by atoms with Crippen LogP contribution in [0.5, 0.6) is 0 Å². The Morgan fingerprint density at radius 3 is 0.559 bits per heavy atom. The molecule has 2 heteroatoms. The highest BCUT2D eigenvalue weighted by Crippen LogP contribution is 2.31. The van der Waals surface area contributed by atoms with Crippen molar-refractivity contribution < 1.29 is 0 Å². The second-order valence-corrected chi connectivity index (χ2v) is 12.0. The molecule has 0 heterocycles. The molecule has 0 unspecified atom stereocenters. The second kappa shape index (κ2) is 24.6. The zero-order valence-electron chi connectivity index (χ0n) is 23.6. The lowest BCUT2D eigenvalue weighted by Crippen LogP contribution is -2.38. The quantitative estimate of drug-likeness (QED) is 0.414. The molecular formula is C32H66N2. The van der Waals surface area contributed by atoms with Gasteiger partial charge in [0.15, 0.2) is 0 Å². The summed E-state index contributed by atoms with van der Waals surface area (Å²) in [6, 6.07) is 0. The van der Waals surface area contributed by atoms with Crippen LogP contribution in [0.15, 0.2) is 0 Å². The molecule has 0 amide bonds. The minimum atomic E-state index is 0.275. The third-order valence-electron chi connectivity index (χ3n) is 8.78. The Morgan fingerprint density at radius 1 is 0.265 bits per heavy atom. The van der Waals surface area contributed by atoms with Crippen LogP contribution in [0.2, 0.25) is 0 Å². The van der Waals surface area contributed by atoms with Crippen molar-refractivity contribution in [2.24, 2.45) is 16.9 Å². The predicted molar refractivity (Wildman–Crippen MR) is 154 cm³/mol. The van der Waals surface area contributed by atoms with Crippen LogP contribution in [-0.2, 0) is 0 Å². The van der Waals surface area contributed by atoms with Crippen molar-refractivity contribution in [2.75, 3.05) is 13.1 Å². The van der Waals surface area contributed by atoms with E-state index in [1.807, 2.05) is 0 Å². The summed E-state index contributed by atoms with van der Waals surface area (Å²) in [6.07, 6.45) is 42.2. The highest BCUT2D eigenvalue weighted by molar-refractivity contribution is 4.81. The second-order valence-electron chi connectivity index (χ2n) is 12.0. The summed E-state index contributed by atoms with van der Waals surface area (Å²) in [5.74, 6) is 0. The van der Waals surface area contributed by atoms with Crippen molar-refractivity contribution in [3.8, 4) is 0 Å². The maximum atomic E-state index is 5.88. The first-order chi connectivity index (χ1) is 16.8. The Labute approximate surface area is 216 Å². The van der Waals surface area contributed by atoms with Gasteiger partial charge in [-0.2, -0.15) is 0 Å². The normalized spacial score (nSPS) is 24.2. The molecule has 0 aromatic carbocycles. The summed E-state index contributed by atoms with van der Waals surface area (Å²) in [4.78, 5) is 0. The van der Waals surface area contributed by atoms with Gasteiger partial charge in [0.2, 0.25) is 0 Å². The monoisotopic (exact) mass is 479 g/mol. The van der Waals surface area contributed by atoms with Gasteiger partial charge in [0.1, 0.15) is 0 Å². The number of rotatable bonds is 2. The highest BCUT2D eigenvalue weighted by Gasteiger charge is 2.26. The van der Waals surface area contributed by atoms with Crippen molar-refractivity contribution in [3.05, 3.63) is 0 Å².